The Morgan fingerprint density at radius 3 is 2.59 bits per heavy atom. The Bertz CT molecular complexity index is 690. The van der Waals surface area contributed by atoms with Crippen LogP contribution in [-0.2, 0) is 6.54 Å². The minimum absolute atomic E-state index is 0.281. The van der Waals surface area contributed by atoms with Gasteiger partial charge in [-0.3, -0.25) is 4.79 Å². The standard InChI is InChI=1S/C26H40N2O/c1-5-9-21(7-3)18-25(29)23-13-11-22(12-14-23)19-28-26(20(4)6-2)24-10-8-16-27-17-15-24/h6,11-14,21,27-28H,5,7-10,15-19H2,1-4H3/b20-6-,26-24-. The van der Waals surface area contributed by atoms with Crippen molar-refractivity contribution in [2.45, 2.75) is 79.2 Å². The maximum atomic E-state index is 12.6. The molecule has 0 spiro atoms. The highest BCUT2D eigenvalue weighted by molar-refractivity contribution is 5.96. The molecule has 0 bridgehead atoms. The molecule has 3 heteroatoms. The number of ketones is 1. The van der Waals surface area contributed by atoms with Gasteiger partial charge in [-0.2, -0.15) is 0 Å². The van der Waals surface area contributed by atoms with Crippen LogP contribution in [-0.4, -0.2) is 18.9 Å². The third-order valence-electron chi connectivity index (χ3n) is 6.11. The van der Waals surface area contributed by atoms with Crippen molar-refractivity contribution < 1.29 is 4.79 Å². The number of rotatable bonds is 10. The molecule has 1 saturated heterocycles. The first-order valence-corrected chi connectivity index (χ1v) is 11.5. The summed E-state index contributed by atoms with van der Waals surface area (Å²) in [5.74, 6) is 0.796. The molecular weight excluding hydrogens is 356 g/mol. The smallest absolute Gasteiger partial charge is 0.163 e. The monoisotopic (exact) mass is 396 g/mol. The molecule has 0 amide bonds. The predicted molar refractivity (Wildman–Crippen MR) is 124 cm³/mol. The summed E-state index contributed by atoms with van der Waals surface area (Å²) >= 11 is 0. The zero-order chi connectivity index (χ0) is 21.1. The molecule has 1 aliphatic heterocycles. The van der Waals surface area contributed by atoms with Crippen LogP contribution in [0.15, 0.2) is 47.2 Å². The van der Waals surface area contributed by atoms with Crippen molar-refractivity contribution in [3.63, 3.8) is 0 Å². The van der Waals surface area contributed by atoms with Gasteiger partial charge in [0, 0.05) is 24.2 Å². The summed E-state index contributed by atoms with van der Waals surface area (Å²) in [7, 11) is 0. The van der Waals surface area contributed by atoms with Crippen LogP contribution in [0.1, 0.15) is 88.6 Å². The molecule has 2 rings (SSSR count). The lowest BCUT2D eigenvalue weighted by Crippen LogP contribution is -2.17. The predicted octanol–water partition coefficient (Wildman–Crippen LogP) is 6.17. The van der Waals surface area contributed by atoms with E-state index in [4.69, 9.17) is 0 Å². The van der Waals surface area contributed by atoms with Crippen LogP contribution in [0, 0.1) is 5.92 Å². The maximum absolute atomic E-state index is 12.6. The SMILES string of the molecule is C/C=C(C)\C(NCc1ccc(C(=O)CC(CC)CCC)cc1)=C1/CCCNCC1. The number of hydrogen-bond acceptors (Lipinski definition) is 3. The van der Waals surface area contributed by atoms with E-state index in [-0.39, 0.29) is 5.78 Å². The Kier molecular flexibility index (Phi) is 10.2. The zero-order valence-corrected chi connectivity index (χ0v) is 18.9. The van der Waals surface area contributed by atoms with Crippen LogP contribution in [0.2, 0.25) is 0 Å². The van der Waals surface area contributed by atoms with E-state index < -0.39 is 0 Å². The third-order valence-corrected chi connectivity index (χ3v) is 6.11. The second-order valence-corrected chi connectivity index (χ2v) is 8.29. The minimum atomic E-state index is 0.281. The fraction of sp³-hybridized carbons (Fsp3) is 0.577. The summed E-state index contributed by atoms with van der Waals surface area (Å²) in [6.07, 6.45) is 9.70. The summed E-state index contributed by atoms with van der Waals surface area (Å²) in [6, 6.07) is 8.21. The van der Waals surface area contributed by atoms with E-state index in [1.54, 1.807) is 0 Å². The molecule has 160 valence electrons. The minimum Gasteiger partial charge on any atom is -0.381 e. The lowest BCUT2D eigenvalue weighted by Gasteiger charge is -2.17. The largest absolute Gasteiger partial charge is 0.381 e. The lowest BCUT2D eigenvalue weighted by molar-refractivity contribution is 0.0957. The van der Waals surface area contributed by atoms with E-state index in [0.29, 0.717) is 12.3 Å². The molecule has 1 fully saturated rings. The van der Waals surface area contributed by atoms with Crippen molar-refractivity contribution in [1.82, 2.24) is 10.6 Å². The summed E-state index contributed by atoms with van der Waals surface area (Å²) < 4.78 is 0. The van der Waals surface area contributed by atoms with E-state index in [2.05, 4.69) is 56.5 Å². The van der Waals surface area contributed by atoms with Crippen LogP contribution in [0.3, 0.4) is 0 Å². The van der Waals surface area contributed by atoms with Gasteiger partial charge in [0.25, 0.3) is 0 Å². The van der Waals surface area contributed by atoms with Crippen molar-refractivity contribution in [3.8, 4) is 0 Å². The van der Waals surface area contributed by atoms with Gasteiger partial charge in [-0.25, -0.2) is 0 Å². The fourth-order valence-corrected chi connectivity index (χ4v) is 4.09. The topological polar surface area (TPSA) is 41.1 Å². The van der Waals surface area contributed by atoms with Gasteiger partial charge < -0.3 is 10.6 Å². The Hall–Kier alpha value is -1.87. The van der Waals surface area contributed by atoms with E-state index in [1.165, 1.54) is 28.8 Å². The number of benzene rings is 1. The van der Waals surface area contributed by atoms with E-state index in [9.17, 15) is 4.79 Å². The lowest BCUT2D eigenvalue weighted by atomic mass is 9.92. The van der Waals surface area contributed by atoms with Crippen molar-refractivity contribution in [3.05, 3.63) is 58.3 Å². The van der Waals surface area contributed by atoms with Gasteiger partial charge in [0.05, 0.1) is 0 Å². The number of carbonyl (C=O) groups excluding carboxylic acids is 1. The number of nitrogens with one attached hydrogen (secondary N) is 2. The second-order valence-electron chi connectivity index (χ2n) is 8.29. The highest BCUT2D eigenvalue weighted by Crippen LogP contribution is 2.22. The normalized spacial score (nSPS) is 18.1. The first-order valence-electron chi connectivity index (χ1n) is 11.5. The molecule has 0 aromatic heterocycles. The van der Waals surface area contributed by atoms with Crippen molar-refractivity contribution >= 4 is 5.78 Å². The fourth-order valence-electron chi connectivity index (χ4n) is 4.09. The van der Waals surface area contributed by atoms with Crippen LogP contribution in [0.4, 0.5) is 0 Å². The molecular formula is C26H40N2O. The van der Waals surface area contributed by atoms with Crippen molar-refractivity contribution in [2.24, 2.45) is 5.92 Å². The Morgan fingerprint density at radius 2 is 1.93 bits per heavy atom. The second kappa shape index (κ2) is 12.6. The Labute approximate surface area is 178 Å². The molecule has 1 aromatic carbocycles. The van der Waals surface area contributed by atoms with Crippen LogP contribution >= 0.6 is 0 Å². The number of hydrogen-bond donors (Lipinski definition) is 2. The quantitative estimate of drug-likeness (QED) is 0.465. The molecule has 1 aromatic rings. The summed E-state index contributed by atoms with van der Waals surface area (Å²) in [6.45, 7) is 11.6. The summed E-state index contributed by atoms with van der Waals surface area (Å²) in [5, 5.41) is 7.18. The van der Waals surface area contributed by atoms with Gasteiger partial charge in [0.2, 0.25) is 0 Å². The van der Waals surface area contributed by atoms with Gasteiger partial charge in [-0.15, -0.1) is 0 Å². The Morgan fingerprint density at radius 1 is 1.17 bits per heavy atom. The summed E-state index contributed by atoms with van der Waals surface area (Å²) in [5.41, 5.74) is 6.22. The molecule has 2 N–H and O–H groups in total. The number of Topliss-reactive ketones (excluding diaryl/α,β-unsaturated/α-hetero) is 1. The molecule has 3 nitrogen and oxygen atoms in total. The molecule has 0 radical (unpaired) electrons. The number of carbonyl (C=O) groups is 1. The van der Waals surface area contributed by atoms with Crippen LogP contribution in [0.25, 0.3) is 0 Å². The zero-order valence-electron chi connectivity index (χ0n) is 18.9. The molecule has 1 heterocycles. The molecule has 1 atom stereocenters. The van der Waals surface area contributed by atoms with E-state index in [1.807, 2.05) is 12.1 Å². The average molecular weight is 397 g/mol. The number of allylic oxidation sites excluding steroid dienone is 2. The van der Waals surface area contributed by atoms with Crippen molar-refractivity contribution in [1.29, 1.82) is 0 Å². The highest BCUT2D eigenvalue weighted by Gasteiger charge is 2.14. The first-order chi connectivity index (χ1) is 14.1. The van der Waals surface area contributed by atoms with Gasteiger partial charge in [-0.1, -0.05) is 63.5 Å². The first kappa shape index (κ1) is 23.4. The van der Waals surface area contributed by atoms with Crippen LogP contribution in [0.5, 0.6) is 0 Å². The molecule has 0 aliphatic carbocycles. The van der Waals surface area contributed by atoms with Crippen molar-refractivity contribution in [2.75, 3.05) is 13.1 Å². The van der Waals surface area contributed by atoms with Gasteiger partial charge >= 0.3 is 0 Å². The average Bonchev–Trinajstić information content (AvgIpc) is 3.03. The maximum Gasteiger partial charge on any atom is 0.163 e. The van der Waals surface area contributed by atoms with Gasteiger partial charge in [-0.05, 0) is 68.8 Å². The van der Waals surface area contributed by atoms with Gasteiger partial charge in [0.1, 0.15) is 0 Å². The summed E-state index contributed by atoms with van der Waals surface area (Å²) in [4.78, 5) is 12.6. The third kappa shape index (κ3) is 7.47. The van der Waals surface area contributed by atoms with Crippen LogP contribution < -0.4 is 10.6 Å². The Balaban J connectivity index is 2.02. The highest BCUT2D eigenvalue weighted by atomic mass is 16.1. The van der Waals surface area contributed by atoms with E-state index >= 15 is 0 Å². The molecule has 29 heavy (non-hydrogen) atoms. The molecule has 1 unspecified atom stereocenters. The molecule has 1 aliphatic rings. The molecule has 0 saturated carbocycles. The van der Waals surface area contributed by atoms with E-state index in [0.717, 1.165) is 57.3 Å². The van der Waals surface area contributed by atoms with Gasteiger partial charge in [0.15, 0.2) is 5.78 Å².